The van der Waals surface area contributed by atoms with E-state index >= 15 is 0 Å². The van der Waals surface area contributed by atoms with Crippen molar-refractivity contribution in [3.05, 3.63) is 12.7 Å². The van der Waals surface area contributed by atoms with Crippen molar-refractivity contribution in [1.82, 2.24) is 4.90 Å². The van der Waals surface area contributed by atoms with Crippen LogP contribution < -0.4 is 0 Å². The molecule has 0 unspecified atom stereocenters. The normalized spacial score (nSPS) is 20.6. The molecule has 0 aromatic heterocycles. The van der Waals surface area contributed by atoms with Gasteiger partial charge in [-0.2, -0.15) is 0 Å². The quantitative estimate of drug-likeness (QED) is 0.606. The Balaban J connectivity index is 2.04. The number of ether oxygens (including phenoxy) is 1. The molecule has 0 amide bonds. The number of nitrogens with zero attached hydrogens (tertiary/aromatic N) is 1. The van der Waals surface area contributed by atoms with Gasteiger partial charge in [0.1, 0.15) is 0 Å². The molecule has 0 spiro atoms. The van der Waals surface area contributed by atoms with Gasteiger partial charge < -0.3 is 4.74 Å². The molecule has 1 aliphatic heterocycles. The third kappa shape index (κ3) is 4.25. The lowest BCUT2D eigenvalue weighted by atomic mass is 10.0. The third-order valence-corrected chi connectivity index (χ3v) is 3.01. The highest BCUT2D eigenvalue weighted by Crippen LogP contribution is 2.12. The van der Waals surface area contributed by atoms with Crippen molar-refractivity contribution in [2.45, 2.75) is 26.2 Å². The van der Waals surface area contributed by atoms with Crippen LogP contribution in [0, 0.1) is 5.92 Å². The van der Waals surface area contributed by atoms with Crippen LogP contribution in [0.5, 0.6) is 0 Å². The highest BCUT2D eigenvalue weighted by molar-refractivity contribution is 4.78. The van der Waals surface area contributed by atoms with Crippen molar-refractivity contribution in [3.8, 4) is 0 Å². The summed E-state index contributed by atoms with van der Waals surface area (Å²) in [7, 11) is 0. The summed E-state index contributed by atoms with van der Waals surface area (Å²) in [6, 6.07) is 0. The Morgan fingerprint density at radius 3 is 2.71 bits per heavy atom. The Labute approximate surface area is 87.9 Å². The van der Waals surface area contributed by atoms with Crippen LogP contribution in [-0.2, 0) is 4.74 Å². The summed E-state index contributed by atoms with van der Waals surface area (Å²) < 4.78 is 5.31. The summed E-state index contributed by atoms with van der Waals surface area (Å²) in [4.78, 5) is 2.50. The minimum atomic E-state index is 0.719. The van der Waals surface area contributed by atoms with Crippen LogP contribution in [-0.4, -0.2) is 37.7 Å². The number of hydrogen-bond donors (Lipinski definition) is 0. The van der Waals surface area contributed by atoms with Crippen molar-refractivity contribution < 1.29 is 4.74 Å². The van der Waals surface area contributed by atoms with Crippen molar-refractivity contribution in [1.29, 1.82) is 0 Å². The maximum atomic E-state index is 5.31. The molecular formula is C12H23NO. The average Bonchev–Trinajstić information content (AvgIpc) is 2.26. The smallest absolute Gasteiger partial charge is 0.0594 e. The first-order chi connectivity index (χ1) is 6.86. The topological polar surface area (TPSA) is 12.5 Å². The second-order valence-electron chi connectivity index (χ2n) is 4.00. The Morgan fingerprint density at radius 2 is 2.14 bits per heavy atom. The molecule has 0 N–H and O–H groups in total. The van der Waals surface area contributed by atoms with E-state index in [2.05, 4.69) is 24.5 Å². The van der Waals surface area contributed by atoms with Crippen LogP contribution in [0.1, 0.15) is 26.2 Å². The van der Waals surface area contributed by atoms with Gasteiger partial charge in [-0.1, -0.05) is 13.0 Å². The molecule has 0 saturated carbocycles. The van der Waals surface area contributed by atoms with Gasteiger partial charge in [-0.3, -0.25) is 4.90 Å². The monoisotopic (exact) mass is 197 g/mol. The maximum absolute atomic E-state index is 5.31. The predicted octanol–water partition coefficient (Wildman–Crippen LogP) is 2.31. The summed E-state index contributed by atoms with van der Waals surface area (Å²) >= 11 is 0. The van der Waals surface area contributed by atoms with Crippen molar-refractivity contribution >= 4 is 0 Å². The number of rotatable bonds is 6. The van der Waals surface area contributed by atoms with Crippen molar-refractivity contribution in [2.75, 3.05) is 32.8 Å². The lowest BCUT2D eigenvalue weighted by Crippen LogP contribution is -2.36. The summed E-state index contributed by atoms with van der Waals surface area (Å²) in [6.07, 6.45) is 5.91. The largest absolute Gasteiger partial charge is 0.379 e. The van der Waals surface area contributed by atoms with Gasteiger partial charge in [0.15, 0.2) is 0 Å². The number of morpholine rings is 1. The minimum Gasteiger partial charge on any atom is -0.379 e. The van der Waals surface area contributed by atoms with Gasteiger partial charge in [-0.15, -0.1) is 6.58 Å². The Kier molecular flexibility index (Phi) is 5.88. The SMILES string of the molecule is C=C[C@@H](CC)CCCN1CCOCC1. The van der Waals surface area contributed by atoms with Crippen LogP contribution in [0.2, 0.25) is 0 Å². The maximum Gasteiger partial charge on any atom is 0.0594 e. The molecular weight excluding hydrogens is 174 g/mol. The molecule has 1 fully saturated rings. The van der Waals surface area contributed by atoms with Crippen LogP contribution in [0.3, 0.4) is 0 Å². The zero-order chi connectivity index (χ0) is 10.2. The van der Waals surface area contributed by atoms with E-state index in [0.29, 0.717) is 0 Å². The van der Waals surface area contributed by atoms with E-state index in [1.54, 1.807) is 0 Å². The fourth-order valence-electron chi connectivity index (χ4n) is 1.89. The molecule has 0 radical (unpaired) electrons. The van der Waals surface area contributed by atoms with E-state index in [-0.39, 0.29) is 0 Å². The molecule has 0 aromatic rings. The zero-order valence-corrected chi connectivity index (χ0v) is 9.37. The molecule has 0 aromatic carbocycles. The van der Waals surface area contributed by atoms with Crippen molar-refractivity contribution in [2.24, 2.45) is 5.92 Å². The second kappa shape index (κ2) is 7.02. The first kappa shape index (κ1) is 11.7. The Hall–Kier alpha value is -0.340. The highest BCUT2D eigenvalue weighted by Gasteiger charge is 2.10. The molecule has 1 atom stereocenters. The van der Waals surface area contributed by atoms with E-state index in [1.165, 1.54) is 25.8 Å². The summed E-state index contributed by atoms with van der Waals surface area (Å²) in [5, 5.41) is 0. The van der Waals surface area contributed by atoms with E-state index in [1.807, 2.05) is 0 Å². The second-order valence-corrected chi connectivity index (χ2v) is 4.00. The summed E-state index contributed by atoms with van der Waals surface area (Å²) in [5.41, 5.74) is 0. The molecule has 2 heteroatoms. The van der Waals surface area contributed by atoms with Crippen LogP contribution in [0.4, 0.5) is 0 Å². The summed E-state index contributed by atoms with van der Waals surface area (Å²) in [6.45, 7) is 11.4. The highest BCUT2D eigenvalue weighted by atomic mass is 16.5. The fourth-order valence-corrected chi connectivity index (χ4v) is 1.89. The molecule has 1 heterocycles. The van der Waals surface area contributed by atoms with E-state index in [9.17, 15) is 0 Å². The molecule has 1 saturated heterocycles. The van der Waals surface area contributed by atoms with E-state index in [4.69, 9.17) is 4.74 Å². The van der Waals surface area contributed by atoms with Gasteiger partial charge in [0.25, 0.3) is 0 Å². The van der Waals surface area contributed by atoms with Gasteiger partial charge in [-0.25, -0.2) is 0 Å². The van der Waals surface area contributed by atoms with E-state index in [0.717, 1.165) is 32.2 Å². The lowest BCUT2D eigenvalue weighted by molar-refractivity contribution is 0.0368. The first-order valence-corrected chi connectivity index (χ1v) is 5.79. The fraction of sp³-hybridized carbons (Fsp3) is 0.833. The average molecular weight is 197 g/mol. The number of hydrogen-bond acceptors (Lipinski definition) is 2. The van der Waals surface area contributed by atoms with Gasteiger partial charge in [0, 0.05) is 13.1 Å². The van der Waals surface area contributed by atoms with Gasteiger partial charge in [0.2, 0.25) is 0 Å². The van der Waals surface area contributed by atoms with E-state index < -0.39 is 0 Å². The van der Waals surface area contributed by atoms with Crippen LogP contribution in [0.25, 0.3) is 0 Å². The molecule has 0 aliphatic carbocycles. The Bertz CT molecular complexity index is 152. The molecule has 82 valence electrons. The minimum absolute atomic E-state index is 0.719. The lowest BCUT2D eigenvalue weighted by Gasteiger charge is -2.26. The van der Waals surface area contributed by atoms with Gasteiger partial charge >= 0.3 is 0 Å². The third-order valence-electron chi connectivity index (χ3n) is 3.01. The molecule has 2 nitrogen and oxygen atoms in total. The number of allylic oxidation sites excluding steroid dienone is 1. The molecule has 1 aliphatic rings. The molecule has 14 heavy (non-hydrogen) atoms. The standard InChI is InChI=1S/C12H23NO/c1-3-12(4-2)6-5-7-13-8-10-14-11-9-13/h3,12H,1,4-11H2,2H3/t12-/m0/s1. The van der Waals surface area contributed by atoms with Crippen LogP contribution in [0.15, 0.2) is 12.7 Å². The predicted molar refractivity (Wildman–Crippen MR) is 60.5 cm³/mol. The summed E-state index contributed by atoms with van der Waals surface area (Å²) in [5.74, 6) is 0.719. The van der Waals surface area contributed by atoms with Gasteiger partial charge in [-0.05, 0) is 31.7 Å². The first-order valence-electron chi connectivity index (χ1n) is 5.79. The zero-order valence-electron chi connectivity index (χ0n) is 9.37. The Morgan fingerprint density at radius 1 is 1.43 bits per heavy atom. The molecule has 1 rings (SSSR count). The van der Waals surface area contributed by atoms with Crippen LogP contribution >= 0.6 is 0 Å². The van der Waals surface area contributed by atoms with Crippen molar-refractivity contribution in [3.63, 3.8) is 0 Å². The van der Waals surface area contributed by atoms with Gasteiger partial charge in [0.05, 0.1) is 13.2 Å². The molecule has 0 bridgehead atoms.